The van der Waals surface area contributed by atoms with Gasteiger partial charge in [0.2, 0.25) is 0 Å². The van der Waals surface area contributed by atoms with E-state index < -0.39 is 0 Å². The fourth-order valence-corrected chi connectivity index (χ4v) is 2.23. The van der Waals surface area contributed by atoms with E-state index in [9.17, 15) is 4.79 Å². The minimum absolute atomic E-state index is 0.0505. The molecule has 1 saturated heterocycles. The van der Waals surface area contributed by atoms with Crippen molar-refractivity contribution in [2.24, 2.45) is 0 Å². The van der Waals surface area contributed by atoms with Crippen LogP contribution in [-0.2, 0) is 0 Å². The lowest BCUT2D eigenvalue weighted by Gasteiger charge is -2.19. The van der Waals surface area contributed by atoms with Gasteiger partial charge >= 0.3 is 0 Å². The van der Waals surface area contributed by atoms with E-state index in [0.29, 0.717) is 18.2 Å². The Hall–Kier alpha value is -1.62. The SMILES string of the molecule is CNc1ccc(C(=O)NCC2CCCN2C)cn1. The second kappa shape index (κ2) is 5.82. The summed E-state index contributed by atoms with van der Waals surface area (Å²) in [6.45, 7) is 1.84. The van der Waals surface area contributed by atoms with Gasteiger partial charge in [-0.25, -0.2) is 4.98 Å². The van der Waals surface area contributed by atoms with Crippen LogP contribution in [0.25, 0.3) is 0 Å². The van der Waals surface area contributed by atoms with Crippen molar-refractivity contribution < 1.29 is 4.79 Å². The summed E-state index contributed by atoms with van der Waals surface area (Å²) in [7, 11) is 3.91. The Morgan fingerprint density at radius 3 is 2.94 bits per heavy atom. The molecule has 1 amide bonds. The van der Waals surface area contributed by atoms with Crippen molar-refractivity contribution in [3.8, 4) is 0 Å². The lowest BCUT2D eigenvalue weighted by Crippen LogP contribution is -2.38. The fraction of sp³-hybridized carbons (Fsp3) is 0.538. The molecule has 1 fully saturated rings. The molecule has 2 N–H and O–H groups in total. The molecular weight excluding hydrogens is 228 g/mol. The van der Waals surface area contributed by atoms with Gasteiger partial charge in [-0.15, -0.1) is 0 Å². The van der Waals surface area contributed by atoms with E-state index in [4.69, 9.17) is 0 Å². The van der Waals surface area contributed by atoms with Crippen molar-refractivity contribution in [3.05, 3.63) is 23.9 Å². The van der Waals surface area contributed by atoms with Crippen LogP contribution in [0.4, 0.5) is 5.82 Å². The van der Waals surface area contributed by atoms with Gasteiger partial charge in [-0.1, -0.05) is 0 Å². The summed E-state index contributed by atoms with van der Waals surface area (Å²) in [5, 5.41) is 5.89. The van der Waals surface area contributed by atoms with Crippen molar-refractivity contribution in [1.29, 1.82) is 0 Å². The van der Waals surface area contributed by atoms with Gasteiger partial charge in [-0.3, -0.25) is 4.79 Å². The largest absolute Gasteiger partial charge is 0.373 e. The molecule has 5 heteroatoms. The van der Waals surface area contributed by atoms with Crippen LogP contribution in [0.3, 0.4) is 0 Å². The van der Waals surface area contributed by atoms with Crippen molar-refractivity contribution in [2.45, 2.75) is 18.9 Å². The molecule has 2 heterocycles. The van der Waals surface area contributed by atoms with E-state index in [1.165, 1.54) is 6.42 Å². The Kier molecular flexibility index (Phi) is 4.15. The van der Waals surface area contributed by atoms with Crippen LogP contribution in [0.1, 0.15) is 23.2 Å². The van der Waals surface area contributed by atoms with Gasteiger partial charge in [-0.2, -0.15) is 0 Å². The zero-order chi connectivity index (χ0) is 13.0. The quantitative estimate of drug-likeness (QED) is 0.833. The van der Waals surface area contributed by atoms with Crippen LogP contribution < -0.4 is 10.6 Å². The number of rotatable bonds is 4. The third-order valence-corrected chi connectivity index (χ3v) is 3.45. The van der Waals surface area contributed by atoms with Gasteiger partial charge in [-0.05, 0) is 38.6 Å². The average molecular weight is 248 g/mol. The molecule has 1 aromatic rings. The smallest absolute Gasteiger partial charge is 0.252 e. The Balaban J connectivity index is 1.87. The number of aromatic nitrogens is 1. The highest BCUT2D eigenvalue weighted by Gasteiger charge is 2.21. The fourth-order valence-electron chi connectivity index (χ4n) is 2.23. The van der Waals surface area contributed by atoms with Crippen LogP contribution in [0.15, 0.2) is 18.3 Å². The summed E-state index contributed by atoms with van der Waals surface area (Å²) in [5.74, 6) is 0.715. The lowest BCUT2D eigenvalue weighted by molar-refractivity contribution is 0.0943. The number of nitrogens with one attached hydrogen (secondary N) is 2. The number of hydrogen-bond acceptors (Lipinski definition) is 4. The van der Waals surface area contributed by atoms with Crippen molar-refractivity contribution in [2.75, 3.05) is 32.5 Å². The Bertz CT molecular complexity index is 404. The predicted octanol–water partition coefficient (Wildman–Crippen LogP) is 0.947. The average Bonchev–Trinajstić information content (AvgIpc) is 2.81. The molecule has 1 unspecified atom stereocenters. The Morgan fingerprint density at radius 1 is 1.56 bits per heavy atom. The van der Waals surface area contributed by atoms with Gasteiger partial charge in [0.15, 0.2) is 0 Å². The van der Waals surface area contributed by atoms with E-state index in [0.717, 1.165) is 18.8 Å². The van der Waals surface area contributed by atoms with Crippen molar-refractivity contribution in [3.63, 3.8) is 0 Å². The minimum Gasteiger partial charge on any atom is -0.373 e. The highest BCUT2D eigenvalue weighted by atomic mass is 16.1. The molecule has 0 aromatic carbocycles. The number of hydrogen-bond donors (Lipinski definition) is 2. The van der Waals surface area contributed by atoms with E-state index in [1.54, 1.807) is 25.4 Å². The van der Waals surface area contributed by atoms with E-state index >= 15 is 0 Å². The number of amides is 1. The zero-order valence-electron chi connectivity index (χ0n) is 10.9. The van der Waals surface area contributed by atoms with Crippen LogP contribution in [-0.4, -0.2) is 49.0 Å². The number of likely N-dealkylation sites (tertiary alicyclic amines) is 1. The number of carbonyl (C=O) groups excluding carboxylic acids is 1. The monoisotopic (exact) mass is 248 g/mol. The molecule has 98 valence electrons. The normalized spacial score (nSPS) is 19.8. The molecule has 0 spiro atoms. The maximum atomic E-state index is 11.9. The molecule has 0 saturated carbocycles. The summed E-state index contributed by atoms with van der Waals surface area (Å²) in [6, 6.07) is 4.06. The number of anilines is 1. The van der Waals surface area contributed by atoms with Crippen LogP contribution in [0.5, 0.6) is 0 Å². The molecule has 1 aliphatic rings. The Labute approximate surface area is 108 Å². The first-order valence-corrected chi connectivity index (χ1v) is 6.33. The maximum absolute atomic E-state index is 11.9. The van der Waals surface area contributed by atoms with Crippen molar-refractivity contribution in [1.82, 2.24) is 15.2 Å². The van der Waals surface area contributed by atoms with Gasteiger partial charge in [0, 0.05) is 25.8 Å². The summed E-state index contributed by atoms with van der Waals surface area (Å²) in [5.41, 5.74) is 0.606. The summed E-state index contributed by atoms with van der Waals surface area (Å²) in [6.07, 6.45) is 3.97. The Morgan fingerprint density at radius 2 is 2.39 bits per heavy atom. The standard InChI is InChI=1S/C13H20N4O/c1-14-12-6-5-10(8-15-12)13(18)16-9-11-4-3-7-17(11)2/h5-6,8,11H,3-4,7,9H2,1-2H3,(H,14,15)(H,16,18). The predicted molar refractivity (Wildman–Crippen MR) is 71.8 cm³/mol. The van der Waals surface area contributed by atoms with Crippen LogP contribution >= 0.6 is 0 Å². The molecule has 0 radical (unpaired) electrons. The molecule has 2 rings (SSSR count). The van der Waals surface area contributed by atoms with E-state index in [-0.39, 0.29) is 5.91 Å². The molecule has 5 nitrogen and oxygen atoms in total. The number of nitrogens with zero attached hydrogens (tertiary/aromatic N) is 2. The molecule has 18 heavy (non-hydrogen) atoms. The topological polar surface area (TPSA) is 57.3 Å². The molecular formula is C13H20N4O. The van der Waals surface area contributed by atoms with Crippen molar-refractivity contribution >= 4 is 11.7 Å². The summed E-state index contributed by atoms with van der Waals surface area (Å²) in [4.78, 5) is 18.3. The van der Waals surface area contributed by atoms with Crippen LogP contribution in [0.2, 0.25) is 0 Å². The third-order valence-electron chi connectivity index (χ3n) is 3.45. The maximum Gasteiger partial charge on any atom is 0.252 e. The first-order valence-electron chi connectivity index (χ1n) is 6.33. The highest BCUT2D eigenvalue weighted by Crippen LogP contribution is 2.13. The van der Waals surface area contributed by atoms with Gasteiger partial charge in [0.05, 0.1) is 5.56 Å². The van der Waals surface area contributed by atoms with E-state index in [1.807, 2.05) is 0 Å². The zero-order valence-corrected chi connectivity index (χ0v) is 10.9. The van der Waals surface area contributed by atoms with Gasteiger partial charge in [0.25, 0.3) is 5.91 Å². The highest BCUT2D eigenvalue weighted by molar-refractivity contribution is 5.94. The second-order valence-corrected chi connectivity index (χ2v) is 4.67. The van der Waals surface area contributed by atoms with Gasteiger partial charge in [0.1, 0.15) is 5.82 Å². The number of likely N-dealkylation sites (N-methyl/N-ethyl adjacent to an activating group) is 1. The summed E-state index contributed by atoms with van der Waals surface area (Å²) < 4.78 is 0. The summed E-state index contributed by atoms with van der Waals surface area (Å²) >= 11 is 0. The minimum atomic E-state index is -0.0505. The first kappa shape index (κ1) is 12.8. The second-order valence-electron chi connectivity index (χ2n) is 4.67. The molecule has 1 aliphatic heterocycles. The molecule has 0 bridgehead atoms. The van der Waals surface area contributed by atoms with E-state index in [2.05, 4.69) is 27.6 Å². The lowest BCUT2D eigenvalue weighted by atomic mass is 10.2. The number of carbonyl (C=O) groups is 1. The van der Waals surface area contributed by atoms with Crippen LogP contribution in [0, 0.1) is 0 Å². The first-order chi connectivity index (χ1) is 8.70. The number of pyridine rings is 1. The third kappa shape index (κ3) is 2.98. The molecule has 1 atom stereocenters. The van der Waals surface area contributed by atoms with Gasteiger partial charge < -0.3 is 15.5 Å². The molecule has 1 aromatic heterocycles. The molecule has 0 aliphatic carbocycles.